The summed E-state index contributed by atoms with van der Waals surface area (Å²) in [5, 5.41) is 2.31. The molecule has 0 unspecified atom stereocenters. The normalized spacial score (nSPS) is 16.7. The predicted octanol–water partition coefficient (Wildman–Crippen LogP) is 3.52. The van der Waals surface area contributed by atoms with Crippen molar-refractivity contribution in [2.75, 3.05) is 25.0 Å². The van der Waals surface area contributed by atoms with Gasteiger partial charge in [-0.15, -0.1) is 5.06 Å². The van der Waals surface area contributed by atoms with Crippen molar-refractivity contribution in [2.24, 2.45) is 11.3 Å². The van der Waals surface area contributed by atoms with Gasteiger partial charge in [-0.05, 0) is 57.9 Å². The number of hydrogen-bond donors (Lipinski definition) is 0. The van der Waals surface area contributed by atoms with Crippen LogP contribution in [0.25, 0.3) is 0 Å². The first kappa shape index (κ1) is 18.7. The Bertz CT molecular complexity index is 587. The number of halogens is 1. The van der Waals surface area contributed by atoms with Crippen LogP contribution in [0.5, 0.6) is 0 Å². The molecule has 1 aromatic carbocycles. The molecule has 0 N–H and O–H groups in total. The van der Waals surface area contributed by atoms with Gasteiger partial charge in [-0.3, -0.25) is 4.79 Å². The molecule has 1 aliphatic rings. The lowest BCUT2D eigenvalue weighted by atomic mass is 9.96. The maximum Gasteiger partial charge on any atom is 0.330 e. The quantitative estimate of drug-likeness (QED) is 0.835. The van der Waals surface area contributed by atoms with E-state index in [2.05, 4.69) is 0 Å². The Hall–Kier alpha value is -1.59. The third-order valence-electron chi connectivity index (χ3n) is 4.17. The molecule has 0 spiro atoms. The lowest BCUT2D eigenvalue weighted by Gasteiger charge is -2.33. The first-order valence-corrected chi connectivity index (χ1v) is 8.57. The monoisotopic (exact) mass is 352 g/mol. The summed E-state index contributed by atoms with van der Waals surface area (Å²) in [7, 11) is 1.78. The Morgan fingerprint density at radius 3 is 2.21 bits per heavy atom. The van der Waals surface area contributed by atoms with Crippen molar-refractivity contribution in [3.63, 3.8) is 0 Å². The van der Waals surface area contributed by atoms with Crippen molar-refractivity contribution in [2.45, 2.75) is 33.6 Å². The molecule has 0 bridgehead atoms. The SMILES string of the molecule is CN(C(=O)C1CCN(OC(=O)C(C)(C)C)CC1)c1ccc(Cl)cc1. The van der Waals surface area contributed by atoms with E-state index in [9.17, 15) is 9.59 Å². The first-order chi connectivity index (χ1) is 11.2. The van der Waals surface area contributed by atoms with E-state index >= 15 is 0 Å². The Morgan fingerprint density at radius 1 is 1.17 bits per heavy atom. The molecule has 132 valence electrons. The van der Waals surface area contributed by atoms with Gasteiger partial charge in [-0.1, -0.05) is 11.6 Å². The molecule has 0 saturated carbocycles. The van der Waals surface area contributed by atoms with Crippen LogP contribution in [0.4, 0.5) is 5.69 Å². The van der Waals surface area contributed by atoms with Crippen molar-refractivity contribution in [3.8, 4) is 0 Å². The second-order valence-electron chi connectivity index (χ2n) is 7.21. The van der Waals surface area contributed by atoms with Crippen LogP contribution in [0.1, 0.15) is 33.6 Å². The zero-order valence-corrected chi connectivity index (χ0v) is 15.5. The fourth-order valence-corrected chi connectivity index (χ4v) is 2.64. The van der Waals surface area contributed by atoms with Gasteiger partial charge < -0.3 is 9.74 Å². The van der Waals surface area contributed by atoms with Crippen LogP contribution >= 0.6 is 11.6 Å². The molecule has 1 aliphatic heterocycles. The third kappa shape index (κ3) is 4.71. The number of benzene rings is 1. The topological polar surface area (TPSA) is 49.9 Å². The molecule has 1 amide bonds. The van der Waals surface area contributed by atoms with Crippen molar-refractivity contribution in [1.82, 2.24) is 5.06 Å². The summed E-state index contributed by atoms with van der Waals surface area (Å²) in [5.41, 5.74) is 0.299. The molecule has 0 atom stereocenters. The van der Waals surface area contributed by atoms with Crippen LogP contribution in [0.2, 0.25) is 5.02 Å². The highest BCUT2D eigenvalue weighted by Gasteiger charge is 2.31. The zero-order valence-electron chi connectivity index (χ0n) is 14.7. The third-order valence-corrected chi connectivity index (χ3v) is 4.42. The van der Waals surface area contributed by atoms with Gasteiger partial charge in [0.25, 0.3) is 0 Å². The molecular formula is C18H25ClN2O3. The molecule has 1 heterocycles. The van der Waals surface area contributed by atoms with Gasteiger partial charge in [0, 0.05) is 36.8 Å². The lowest BCUT2D eigenvalue weighted by Crippen LogP contribution is -2.43. The minimum Gasteiger partial charge on any atom is -0.367 e. The van der Waals surface area contributed by atoms with E-state index in [1.165, 1.54) is 0 Å². The van der Waals surface area contributed by atoms with E-state index in [1.807, 2.05) is 32.9 Å². The maximum atomic E-state index is 12.6. The number of amides is 1. The Labute approximate surface area is 148 Å². The van der Waals surface area contributed by atoms with Crippen molar-refractivity contribution in [3.05, 3.63) is 29.3 Å². The van der Waals surface area contributed by atoms with E-state index in [0.717, 1.165) is 5.69 Å². The van der Waals surface area contributed by atoms with Crippen LogP contribution in [0.3, 0.4) is 0 Å². The maximum absolute atomic E-state index is 12.6. The second-order valence-corrected chi connectivity index (χ2v) is 7.64. The fraction of sp³-hybridized carbons (Fsp3) is 0.556. The number of rotatable bonds is 3. The van der Waals surface area contributed by atoms with E-state index < -0.39 is 5.41 Å². The first-order valence-electron chi connectivity index (χ1n) is 8.19. The smallest absolute Gasteiger partial charge is 0.330 e. The molecule has 2 rings (SSSR count). The van der Waals surface area contributed by atoms with Crippen molar-refractivity contribution >= 4 is 29.2 Å². The van der Waals surface area contributed by atoms with Crippen LogP contribution in [0, 0.1) is 11.3 Å². The molecule has 1 aromatic rings. The van der Waals surface area contributed by atoms with Gasteiger partial charge in [0.2, 0.25) is 5.91 Å². The Kier molecular flexibility index (Phi) is 5.88. The molecule has 1 saturated heterocycles. The number of carbonyl (C=O) groups is 2. The van der Waals surface area contributed by atoms with Crippen LogP contribution < -0.4 is 4.90 Å². The van der Waals surface area contributed by atoms with Gasteiger partial charge >= 0.3 is 5.97 Å². The van der Waals surface area contributed by atoms with E-state index in [0.29, 0.717) is 31.0 Å². The van der Waals surface area contributed by atoms with Gasteiger partial charge in [-0.25, -0.2) is 4.79 Å². The minimum atomic E-state index is -0.526. The number of anilines is 1. The Morgan fingerprint density at radius 2 is 1.71 bits per heavy atom. The van der Waals surface area contributed by atoms with Crippen molar-refractivity contribution in [1.29, 1.82) is 0 Å². The number of piperidine rings is 1. The number of hydrogen-bond acceptors (Lipinski definition) is 4. The van der Waals surface area contributed by atoms with Crippen molar-refractivity contribution < 1.29 is 14.4 Å². The van der Waals surface area contributed by atoms with E-state index in [4.69, 9.17) is 16.4 Å². The summed E-state index contributed by atoms with van der Waals surface area (Å²) in [5.74, 6) is -0.222. The Balaban J connectivity index is 1.88. The zero-order chi connectivity index (χ0) is 17.9. The summed E-state index contributed by atoms with van der Waals surface area (Å²) < 4.78 is 0. The highest BCUT2D eigenvalue weighted by atomic mass is 35.5. The number of carbonyl (C=O) groups excluding carboxylic acids is 2. The van der Waals surface area contributed by atoms with E-state index in [1.54, 1.807) is 29.1 Å². The highest BCUT2D eigenvalue weighted by Crippen LogP contribution is 2.25. The largest absolute Gasteiger partial charge is 0.367 e. The molecule has 0 aromatic heterocycles. The molecule has 0 radical (unpaired) electrons. The fourth-order valence-electron chi connectivity index (χ4n) is 2.51. The van der Waals surface area contributed by atoms with Crippen LogP contribution in [0.15, 0.2) is 24.3 Å². The number of nitrogens with zero attached hydrogens (tertiary/aromatic N) is 2. The van der Waals surface area contributed by atoms with Crippen LogP contribution in [-0.2, 0) is 14.4 Å². The average molecular weight is 353 g/mol. The minimum absolute atomic E-state index is 0.0599. The molecular weight excluding hydrogens is 328 g/mol. The number of hydroxylamine groups is 2. The van der Waals surface area contributed by atoms with Gasteiger partial charge in [0.15, 0.2) is 0 Å². The summed E-state index contributed by atoms with van der Waals surface area (Å²) >= 11 is 5.88. The molecule has 1 fully saturated rings. The average Bonchev–Trinajstić information content (AvgIpc) is 2.54. The predicted molar refractivity (Wildman–Crippen MR) is 94.7 cm³/mol. The lowest BCUT2D eigenvalue weighted by molar-refractivity contribution is -0.205. The summed E-state index contributed by atoms with van der Waals surface area (Å²) in [6, 6.07) is 7.21. The highest BCUT2D eigenvalue weighted by molar-refractivity contribution is 6.30. The second kappa shape index (κ2) is 7.53. The standard InChI is InChI=1S/C18H25ClN2O3/c1-18(2,3)17(23)24-21-11-9-13(10-12-21)16(22)20(4)15-7-5-14(19)6-8-15/h5-8,13H,9-12H2,1-4H3. The summed E-state index contributed by atoms with van der Waals surface area (Å²) in [6.45, 7) is 6.63. The van der Waals surface area contributed by atoms with E-state index in [-0.39, 0.29) is 17.8 Å². The molecule has 5 nitrogen and oxygen atoms in total. The summed E-state index contributed by atoms with van der Waals surface area (Å²) in [4.78, 5) is 31.6. The molecule has 24 heavy (non-hydrogen) atoms. The summed E-state index contributed by atoms with van der Waals surface area (Å²) in [6.07, 6.45) is 1.35. The van der Waals surface area contributed by atoms with Crippen LogP contribution in [-0.4, -0.2) is 37.1 Å². The van der Waals surface area contributed by atoms with Gasteiger partial charge in [0.1, 0.15) is 0 Å². The molecule has 6 heteroatoms. The van der Waals surface area contributed by atoms with Gasteiger partial charge in [0.05, 0.1) is 5.41 Å². The van der Waals surface area contributed by atoms with Gasteiger partial charge in [-0.2, -0.15) is 0 Å². The molecule has 0 aliphatic carbocycles.